The molecule has 2 amide bonds. The Labute approximate surface area is 183 Å². The molecule has 1 heterocycles. The average Bonchev–Trinajstić information content (AvgIpc) is 3.18. The third-order valence-corrected chi connectivity index (χ3v) is 5.60. The van der Waals surface area contributed by atoms with Crippen LogP contribution in [0.3, 0.4) is 0 Å². The number of amides is 2. The predicted molar refractivity (Wildman–Crippen MR) is 119 cm³/mol. The van der Waals surface area contributed by atoms with Gasteiger partial charge in [0, 0.05) is 19.4 Å². The van der Waals surface area contributed by atoms with Crippen molar-refractivity contribution in [1.29, 1.82) is 0 Å². The summed E-state index contributed by atoms with van der Waals surface area (Å²) >= 11 is 0. The smallest absolute Gasteiger partial charge is 0.226 e. The van der Waals surface area contributed by atoms with Gasteiger partial charge in [0.05, 0.1) is 13.0 Å². The minimum absolute atomic E-state index is 0.0366. The summed E-state index contributed by atoms with van der Waals surface area (Å²) in [5.74, 6) is -0.349. The first-order valence-electron chi connectivity index (χ1n) is 10.5. The van der Waals surface area contributed by atoms with Crippen LogP contribution in [0.2, 0.25) is 0 Å². The predicted octanol–water partition coefficient (Wildman–Crippen LogP) is 3.10. The Morgan fingerprint density at radius 2 is 1.74 bits per heavy atom. The number of Topliss-reactive ketones (excluding diaryl/α,β-unsaturated/α-hetero) is 1. The van der Waals surface area contributed by atoms with Gasteiger partial charge in [0.15, 0.2) is 5.78 Å². The summed E-state index contributed by atoms with van der Waals surface area (Å²) < 4.78 is 5.20. The molecule has 6 heteroatoms. The molecule has 1 fully saturated rings. The molecule has 2 aromatic carbocycles. The van der Waals surface area contributed by atoms with Crippen LogP contribution in [0, 0.1) is 5.92 Å². The van der Waals surface area contributed by atoms with Crippen molar-refractivity contribution >= 4 is 17.6 Å². The molecule has 0 spiro atoms. The third kappa shape index (κ3) is 5.72. The summed E-state index contributed by atoms with van der Waals surface area (Å²) in [6.45, 7) is 6.73. The van der Waals surface area contributed by atoms with E-state index in [0.717, 1.165) is 5.56 Å². The first-order chi connectivity index (χ1) is 14.7. The Balaban J connectivity index is 1.79. The van der Waals surface area contributed by atoms with Gasteiger partial charge in [-0.25, -0.2) is 0 Å². The van der Waals surface area contributed by atoms with Crippen molar-refractivity contribution in [3.63, 3.8) is 0 Å². The number of hydrogen-bond donors (Lipinski definition) is 2. The Bertz CT molecular complexity index is 943. The summed E-state index contributed by atoms with van der Waals surface area (Å²) in [5, 5.41) is 5.53. The van der Waals surface area contributed by atoms with Gasteiger partial charge in [-0.2, -0.15) is 0 Å². The number of rotatable bonds is 7. The Hall–Kier alpha value is -3.15. The molecular formula is C25H30N2O4. The lowest BCUT2D eigenvalue weighted by Crippen LogP contribution is -2.39. The number of ether oxygens (including phenoxy) is 1. The van der Waals surface area contributed by atoms with Crippen LogP contribution >= 0.6 is 0 Å². The summed E-state index contributed by atoms with van der Waals surface area (Å²) in [5.41, 5.74) is 2.81. The lowest BCUT2D eigenvalue weighted by atomic mass is 9.86. The van der Waals surface area contributed by atoms with Gasteiger partial charge in [-0.1, -0.05) is 57.2 Å². The van der Waals surface area contributed by atoms with Gasteiger partial charge >= 0.3 is 0 Å². The molecular weight excluding hydrogens is 392 g/mol. The van der Waals surface area contributed by atoms with Gasteiger partial charge in [-0.05, 0) is 34.2 Å². The highest BCUT2D eigenvalue weighted by Gasteiger charge is 2.31. The molecule has 0 saturated carbocycles. The van der Waals surface area contributed by atoms with Crippen LogP contribution in [-0.4, -0.2) is 31.3 Å². The van der Waals surface area contributed by atoms with Crippen LogP contribution in [0.15, 0.2) is 48.5 Å². The zero-order valence-corrected chi connectivity index (χ0v) is 18.5. The molecule has 164 valence electrons. The Kier molecular flexibility index (Phi) is 6.78. The van der Waals surface area contributed by atoms with E-state index in [1.807, 2.05) is 24.3 Å². The monoisotopic (exact) mass is 422 g/mol. The van der Waals surface area contributed by atoms with Crippen molar-refractivity contribution in [3.8, 4) is 5.75 Å². The van der Waals surface area contributed by atoms with Crippen molar-refractivity contribution < 1.29 is 19.1 Å². The second kappa shape index (κ2) is 9.33. The first-order valence-corrected chi connectivity index (χ1v) is 10.5. The minimum Gasteiger partial charge on any atom is -0.497 e. The molecule has 0 bridgehead atoms. The topological polar surface area (TPSA) is 84.5 Å². The average molecular weight is 423 g/mol. The molecule has 0 aromatic heterocycles. The van der Waals surface area contributed by atoms with Crippen molar-refractivity contribution in [1.82, 2.24) is 10.6 Å². The molecule has 6 nitrogen and oxygen atoms in total. The highest BCUT2D eigenvalue weighted by molar-refractivity contribution is 5.94. The SMILES string of the molecule is COc1ccc([C@@H](NC(=O)[C@@H]2CNC(=O)C2)C(=O)Cc2ccc(C(C)(C)C)cc2)cc1. The first kappa shape index (κ1) is 22.5. The van der Waals surface area contributed by atoms with Gasteiger partial charge in [0.2, 0.25) is 11.8 Å². The second-order valence-corrected chi connectivity index (χ2v) is 9.01. The maximum absolute atomic E-state index is 13.2. The Morgan fingerprint density at radius 1 is 1.10 bits per heavy atom. The number of nitrogens with one attached hydrogen (secondary N) is 2. The largest absolute Gasteiger partial charge is 0.497 e. The van der Waals surface area contributed by atoms with Crippen LogP contribution in [0.1, 0.15) is 49.9 Å². The number of ketones is 1. The standard InChI is InChI=1S/C25H30N2O4/c1-25(2,3)19-9-5-16(6-10-19)13-21(28)23(17-7-11-20(31-4)12-8-17)27-24(30)18-14-22(29)26-15-18/h5-12,18,23H,13-15H2,1-4H3,(H,26,29)(H,27,30)/t18-,23+/m0/s1. The van der Waals surface area contributed by atoms with Crippen LogP contribution < -0.4 is 15.4 Å². The van der Waals surface area contributed by atoms with E-state index in [2.05, 4.69) is 31.4 Å². The van der Waals surface area contributed by atoms with Crippen LogP contribution in [-0.2, 0) is 26.2 Å². The van der Waals surface area contributed by atoms with E-state index in [1.54, 1.807) is 31.4 Å². The number of carbonyl (C=O) groups excluding carboxylic acids is 3. The van der Waals surface area contributed by atoms with Crippen molar-refractivity contribution in [2.45, 2.75) is 45.1 Å². The molecule has 3 rings (SSSR count). The number of hydrogen-bond acceptors (Lipinski definition) is 4. The van der Waals surface area contributed by atoms with Crippen LogP contribution in [0.5, 0.6) is 5.75 Å². The normalized spacial score (nSPS) is 17.0. The van der Waals surface area contributed by atoms with E-state index in [1.165, 1.54) is 5.56 Å². The van der Waals surface area contributed by atoms with E-state index in [9.17, 15) is 14.4 Å². The number of methoxy groups -OCH3 is 1. The highest BCUT2D eigenvalue weighted by Crippen LogP contribution is 2.24. The minimum atomic E-state index is -0.795. The maximum atomic E-state index is 13.2. The molecule has 2 aromatic rings. The fourth-order valence-electron chi connectivity index (χ4n) is 3.62. The van der Waals surface area contributed by atoms with Gasteiger partial charge < -0.3 is 15.4 Å². The van der Waals surface area contributed by atoms with E-state index in [0.29, 0.717) is 17.9 Å². The molecule has 0 aliphatic carbocycles. The van der Waals surface area contributed by atoms with Crippen molar-refractivity contribution in [2.24, 2.45) is 5.92 Å². The number of benzene rings is 2. The van der Waals surface area contributed by atoms with Crippen molar-refractivity contribution in [2.75, 3.05) is 13.7 Å². The second-order valence-electron chi connectivity index (χ2n) is 9.01. The van der Waals surface area contributed by atoms with E-state index in [-0.39, 0.29) is 35.9 Å². The molecule has 2 atom stereocenters. The molecule has 1 aliphatic rings. The van der Waals surface area contributed by atoms with Crippen LogP contribution in [0.25, 0.3) is 0 Å². The zero-order chi connectivity index (χ0) is 22.6. The van der Waals surface area contributed by atoms with Gasteiger partial charge in [-0.3, -0.25) is 14.4 Å². The summed E-state index contributed by atoms with van der Waals surface area (Å²) in [6, 6.07) is 14.3. The molecule has 31 heavy (non-hydrogen) atoms. The Morgan fingerprint density at radius 3 is 2.26 bits per heavy atom. The van der Waals surface area contributed by atoms with Gasteiger partial charge in [-0.15, -0.1) is 0 Å². The molecule has 1 aliphatic heterocycles. The summed E-state index contributed by atoms with van der Waals surface area (Å²) in [4.78, 5) is 37.5. The quantitative estimate of drug-likeness (QED) is 0.718. The molecule has 2 N–H and O–H groups in total. The fourth-order valence-corrected chi connectivity index (χ4v) is 3.62. The molecule has 1 saturated heterocycles. The fraction of sp³-hybridized carbons (Fsp3) is 0.400. The third-order valence-electron chi connectivity index (χ3n) is 5.60. The zero-order valence-electron chi connectivity index (χ0n) is 18.5. The summed E-state index contributed by atoms with van der Waals surface area (Å²) in [7, 11) is 1.57. The highest BCUT2D eigenvalue weighted by atomic mass is 16.5. The van der Waals surface area contributed by atoms with Crippen LogP contribution in [0.4, 0.5) is 0 Å². The van der Waals surface area contributed by atoms with E-state index < -0.39 is 12.0 Å². The number of carbonyl (C=O) groups is 3. The molecule has 0 radical (unpaired) electrons. The van der Waals surface area contributed by atoms with E-state index in [4.69, 9.17) is 4.74 Å². The molecule has 0 unspecified atom stereocenters. The van der Waals surface area contributed by atoms with E-state index >= 15 is 0 Å². The summed E-state index contributed by atoms with van der Waals surface area (Å²) in [6.07, 6.45) is 0.340. The van der Waals surface area contributed by atoms with Crippen molar-refractivity contribution in [3.05, 3.63) is 65.2 Å². The van der Waals surface area contributed by atoms with Gasteiger partial charge in [0.25, 0.3) is 0 Å². The lowest BCUT2D eigenvalue weighted by molar-refractivity contribution is -0.130. The lowest BCUT2D eigenvalue weighted by Gasteiger charge is -2.21. The maximum Gasteiger partial charge on any atom is 0.226 e. The van der Waals surface area contributed by atoms with Gasteiger partial charge in [0.1, 0.15) is 11.8 Å².